The van der Waals surface area contributed by atoms with Crippen molar-refractivity contribution in [2.75, 3.05) is 23.8 Å². The van der Waals surface area contributed by atoms with Gasteiger partial charge in [0.2, 0.25) is 11.1 Å². The third kappa shape index (κ3) is 4.75. The number of carbonyl (C=O) groups is 1. The van der Waals surface area contributed by atoms with Crippen molar-refractivity contribution in [2.45, 2.75) is 62.6 Å². The van der Waals surface area contributed by atoms with Gasteiger partial charge in [-0.2, -0.15) is 0 Å². The summed E-state index contributed by atoms with van der Waals surface area (Å²) in [5.41, 5.74) is 0. The first kappa shape index (κ1) is 18.7. The molecule has 9 heteroatoms. The molecule has 1 aliphatic heterocycles. The fraction of sp³-hybridized carbons (Fsp3) is 0.812. The fourth-order valence-electron chi connectivity index (χ4n) is 3.69. The van der Waals surface area contributed by atoms with Gasteiger partial charge in [0.15, 0.2) is 9.84 Å². The molecule has 1 amide bonds. The average molecular weight is 387 g/mol. The van der Waals surface area contributed by atoms with Gasteiger partial charge in [-0.3, -0.25) is 9.89 Å². The molecule has 140 valence electrons. The maximum Gasteiger partial charge on any atom is 0.233 e. The number of hydrogen-bond donors (Lipinski definition) is 1. The van der Waals surface area contributed by atoms with Crippen molar-refractivity contribution in [3.8, 4) is 0 Å². The van der Waals surface area contributed by atoms with E-state index in [1.807, 2.05) is 6.92 Å². The zero-order valence-electron chi connectivity index (χ0n) is 14.6. The van der Waals surface area contributed by atoms with Gasteiger partial charge in [-0.15, -0.1) is 5.10 Å². The number of amides is 1. The summed E-state index contributed by atoms with van der Waals surface area (Å²) in [6.45, 7) is 2.60. The first-order valence-corrected chi connectivity index (χ1v) is 11.8. The van der Waals surface area contributed by atoms with Gasteiger partial charge in [-0.1, -0.05) is 31.5 Å². The number of aromatic nitrogens is 3. The number of aromatic amines is 1. The lowest BCUT2D eigenvalue weighted by molar-refractivity contribution is -0.130. The van der Waals surface area contributed by atoms with Crippen molar-refractivity contribution in [1.29, 1.82) is 0 Å². The molecule has 2 aliphatic rings. The summed E-state index contributed by atoms with van der Waals surface area (Å²) in [6.07, 6.45) is 6.15. The molecule has 1 aromatic rings. The Morgan fingerprint density at radius 1 is 1.32 bits per heavy atom. The Morgan fingerprint density at radius 2 is 2.08 bits per heavy atom. The number of carbonyl (C=O) groups excluding carboxylic acids is 1. The molecule has 1 saturated heterocycles. The summed E-state index contributed by atoms with van der Waals surface area (Å²) in [5.74, 6) is 1.90. The summed E-state index contributed by atoms with van der Waals surface area (Å²) in [6, 6.07) is -0.181. The smallest absolute Gasteiger partial charge is 0.233 e. The number of H-pyrrole nitrogens is 1. The minimum absolute atomic E-state index is 0.0267. The molecular weight excluding hydrogens is 360 g/mol. The molecule has 0 spiro atoms. The van der Waals surface area contributed by atoms with Crippen LogP contribution in [0.5, 0.6) is 0 Å². The molecule has 1 saturated carbocycles. The van der Waals surface area contributed by atoms with Crippen LogP contribution in [0.3, 0.4) is 0 Å². The highest BCUT2D eigenvalue weighted by atomic mass is 32.2. The van der Waals surface area contributed by atoms with Crippen LogP contribution in [0.15, 0.2) is 5.16 Å². The lowest BCUT2D eigenvalue weighted by Gasteiger charge is -2.27. The van der Waals surface area contributed by atoms with Gasteiger partial charge < -0.3 is 4.90 Å². The fourth-order valence-corrected chi connectivity index (χ4v) is 6.11. The average Bonchev–Trinajstić information content (AvgIpc) is 3.30. The van der Waals surface area contributed by atoms with E-state index in [-0.39, 0.29) is 29.2 Å². The van der Waals surface area contributed by atoms with Crippen LogP contribution in [0, 0.1) is 0 Å². The number of thioether (sulfide) groups is 1. The number of sulfone groups is 1. The molecule has 0 aromatic carbocycles. The number of nitrogens with one attached hydrogen (secondary N) is 1. The normalized spacial score (nSPS) is 23.2. The second kappa shape index (κ2) is 8.07. The molecule has 0 bridgehead atoms. The molecule has 2 heterocycles. The summed E-state index contributed by atoms with van der Waals surface area (Å²) in [5, 5.41) is 7.83. The molecule has 25 heavy (non-hydrogen) atoms. The molecule has 0 radical (unpaired) electrons. The molecule has 2 fully saturated rings. The van der Waals surface area contributed by atoms with Crippen molar-refractivity contribution in [3.63, 3.8) is 0 Å². The molecule has 1 unspecified atom stereocenters. The van der Waals surface area contributed by atoms with Gasteiger partial charge in [0.25, 0.3) is 0 Å². The predicted octanol–water partition coefficient (Wildman–Crippen LogP) is 1.98. The van der Waals surface area contributed by atoms with Crippen molar-refractivity contribution in [3.05, 3.63) is 5.82 Å². The second-order valence-corrected chi connectivity index (χ2v) is 10.1. The van der Waals surface area contributed by atoms with Gasteiger partial charge in [-0.05, 0) is 25.7 Å². The minimum Gasteiger partial charge on any atom is -0.338 e. The predicted molar refractivity (Wildman–Crippen MR) is 97.4 cm³/mol. The van der Waals surface area contributed by atoms with E-state index in [0.29, 0.717) is 24.0 Å². The standard InChI is InChI=1S/C16H26N4O3S2/c1-2-8-20(13-7-9-25(22,23)11-13)14(21)10-24-16-17-15(18-19-16)12-5-3-4-6-12/h12-13H,2-11H2,1H3,(H,17,18,19). The molecule has 1 atom stereocenters. The van der Waals surface area contributed by atoms with Gasteiger partial charge in [0, 0.05) is 18.5 Å². The third-order valence-electron chi connectivity index (χ3n) is 4.98. The highest BCUT2D eigenvalue weighted by Gasteiger charge is 2.34. The monoisotopic (exact) mass is 386 g/mol. The van der Waals surface area contributed by atoms with E-state index >= 15 is 0 Å². The van der Waals surface area contributed by atoms with Crippen LogP contribution < -0.4 is 0 Å². The van der Waals surface area contributed by atoms with E-state index in [4.69, 9.17) is 0 Å². The Kier molecular flexibility index (Phi) is 6.04. The largest absolute Gasteiger partial charge is 0.338 e. The van der Waals surface area contributed by atoms with Gasteiger partial charge in [0.1, 0.15) is 5.82 Å². The molecule has 1 aromatic heterocycles. The number of nitrogens with zero attached hydrogens (tertiary/aromatic N) is 3. The van der Waals surface area contributed by atoms with Crippen molar-refractivity contribution in [2.24, 2.45) is 0 Å². The van der Waals surface area contributed by atoms with Crippen LogP contribution in [0.25, 0.3) is 0 Å². The lowest BCUT2D eigenvalue weighted by Crippen LogP contribution is -2.42. The number of hydrogen-bond acceptors (Lipinski definition) is 6. The first-order valence-electron chi connectivity index (χ1n) is 9.03. The third-order valence-corrected chi connectivity index (χ3v) is 7.57. The van der Waals surface area contributed by atoms with Crippen LogP contribution in [0.4, 0.5) is 0 Å². The van der Waals surface area contributed by atoms with Gasteiger partial charge in [0.05, 0.1) is 17.3 Å². The summed E-state index contributed by atoms with van der Waals surface area (Å²) < 4.78 is 23.4. The van der Waals surface area contributed by atoms with Crippen LogP contribution in [0.2, 0.25) is 0 Å². The summed E-state index contributed by atoms with van der Waals surface area (Å²) >= 11 is 1.33. The molecule has 1 N–H and O–H groups in total. The highest BCUT2D eigenvalue weighted by Crippen LogP contribution is 2.32. The van der Waals surface area contributed by atoms with Crippen LogP contribution in [-0.2, 0) is 14.6 Å². The molecular formula is C16H26N4O3S2. The number of rotatable bonds is 7. The molecule has 7 nitrogen and oxygen atoms in total. The van der Waals surface area contributed by atoms with Gasteiger partial charge in [-0.25, -0.2) is 13.4 Å². The van der Waals surface area contributed by atoms with Gasteiger partial charge >= 0.3 is 0 Å². The van der Waals surface area contributed by atoms with Crippen molar-refractivity contribution >= 4 is 27.5 Å². The van der Waals surface area contributed by atoms with Crippen LogP contribution in [-0.4, -0.2) is 64.3 Å². The van der Waals surface area contributed by atoms with E-state index in [1.54, 1.807) is 4.90 Å². The van der Waals surface area contributed by atoms with Crippen molar-refractivity contribution < 1.29 is 13.2 Å². The summed E-state index contributed by atoms with van der Waals surface area (Å²) in [4.78, 5) is 18.9. The lowest BCUT2D eigenvalue weighted by atomic mass is 10.1. The van der Waals surface area contributed by atoms with E-state index < -0.39 is 9.84 Å². The maximum atomic E-state index is 12.6. The Bertz CT molecular complexity index is 698. The van der Waals surface area contributed by atoms with Crippen LogP contribution >= 0.6 is 11.8 Å². The minimum atomic E-state index is -3.00. The molecule has 3 rings (SSSR count). The van der Waals surface area contributed by atoms with E-state index in [2.05, 4.69) is 15.2 Å². The Balaban J connectivity index is 1.56. The highest BCUT2D eigenvalue weighted by molar-refractivity contribution is 7.99. The Morgan fingerprint density at radius 3 is 2.72 bits per heavy atom. The zero-order valence-corrected chi connectivity index (χ0v) is 16.2. The second-order valence-electron chi connectivity index (χ2n) is 6.92. The quantitative estimate of drug-likeness (QED) is 0.720. The first-order chi connectivity index (χ1) is 12.0. The topological polar surface area (TPSA) is 96.0 Å². The van der Waals surface area contributed by atoms with Crippen LogP contribution in [0.1, 0.15) is 57.2 Å². The molecule has 1 aliphatic carbocycles. The maximum absolute atomic E-state index is 12.6. The van der Waals surface area contributed by atoms with E-state index in [9.17, 15) is 13.2 Å². The summed E-state index contributed by atoms with van der Waals surface area (Å²) in [7, 11) is -3.00. The SMILES string of the molecule is CCCN(C(=O)CSc1n[nH]c(C2CCCC2)n1)C1CCS(=O)(=O)C1. The Labute approximate surface area is 153 Å². The van der Waals surface area contributed by atoms with E-state index in [0.717, 1.165) is 25.1 Å². The van der Waals surface area contributed by atoms with E-state index in [1.165, 1.54) is 24.6 Å². The Hall–Kier alpha value is -1.09. The zero-order chi connectivity index (χ0) is 17.9. The van der Waals surface area contributed by atoms with Crippen molar-refractivity contribution in [1.82, 2.24) is 20.1 Å².